The number of carbonyl (C=O) groups excluding carboxylic acids is 2. The first-order valence-electron chi connectivity index (χ1n) is 9.78. The number of nitrogens with zero attached hydrogens (tertiary/aromatic N) is 2. The Morgan fingerprint density at radius 3 is 2.61 bits per heavy atom. The summed E-state index contributed by atoms with van der Waals surface area (Å²) in [4.78, 5) is 24.6. The van der Waals surface area contributed by atoms with Gasteiger partial charge in [-0.2, -0.15) is 18.3 Å². The third-order valence-electron chi connectivity index (χ3n) is 4.33. The molecule has 3 N–H and O–H groups in total. The lowest BCUT2D eigenvalue weighted by atomic mass is 10.1. The number of ether oxygens (including phenoxy) is 1. The van der Waals surface area contributed by atoms with E-state index in [-0.39, 0.29) is 36.6 Å². The van der Waals surface area contributed by atoms with E-state index in [0.717, 1.165) is 12.5 Å². The number of aliphatic hydroxyl groups excluding tert-OH is 1. The molecule has 0 bridgehead atoms. The van der Waals surface area contributed by atoms with Crippen molar-refractivity contribution in [2.45, 2.75) is 52.1 Å². The number of nitrogens with one attached hydrogen (secondary N) is 2. The van der Waals surface area contributed by atoms with Crippen LogP contribution in [0.3, 0.4) is 0 Å². The van der Waals surface area contributed by atoms with Gasteiger partial charge in [-0.25, -0.2) is 14.3 Å². The molecule has 1 atom stereocenters. The molecule has 31 heavy (non-hydrogen) atoms. The number of hydrogen-bond donors (Lipinski definition) is 3. The third-order valence-corrected chi connectivity index (χ3v) is 4.33. The second kappa shape index (κ2) is 10.8. The Labute approximate surface area is 177 Å². The minimum absolute atomic E-state index is 0.0137. The predicted molar refractivity (Wildman–Crippen MR) is 106 cm³/mol. The van der Waals surface area contributed by atoms with E-state index in [4.69, 9.17) is 4.74 Å². The first-order valence-corrected chi connectivity index (χ1v) is 9.78. The van der Waals surface area contributed by atoms with Crippen molar-refractivity contribution in [3.8, 4) is 0 Å². The Morgan fingerprint density at radius 1 is 1.26 bits per heavy atom. The maximum Gasteiger partial charge on any atom is 0.416 e. The molecule has 1 unspecified atom stereocenters. The molecule has 1 aromatic heterocycles. The Hall–Kier alpha value is -3.08. The van der Waals surface area contributed by atoms with Gasteiger partial charge in [-0.1, -0.05) is 31.5 Å². The molecular weight excluding hydrogens is 417 g/mol. The molecule has 0 aliphatic heterocycles. The number of amides is 2. The first kappa shape index (κ1) is 24.2. The molecule has 2 amide bonds. The van der Waals surface area contributed by atoms with E-state index in [9.17, 15) is 27.9 Å². The van der Waals surface area contributed by atoms with Gasteiger partial charge >= 0.3 is 18.2 Å². The van der Waals surface area contributed by atoms with Crippen molar-refractivity contribution in [1.82, 2.24) is 15.1 Å². The van der Waals surface area contributed by atoms with Gasteiger partial charge in [0.25, 0.3) is 0 Å². The van der Waals surface area contributed by atoms with E-state index in [1.807, 2.05) is 6.92 Å². The molecule has 0 radical (unpaired) electrons. The van der Waals surface area contributed by atoms with Crippen LogP contribution in [0.2, 0.25) is 0 Å². The highest BCUT2D eigenvalue weighted by atomic mass is 19.4. The smallest absolute Gasteiger partial charge is 0.416 e. The highest BCUT2D eigenvalue weighted by molar-refractivity contribution is 5.99. The van der Waals surface area contributed by atoms with Crippen molar-refractivity contribution < 1.29 is 32.6 Å². The van der Waals surface area contributed by atoms with Crippen molar-refractivity contribution in [3.63, 3.8) is 0 Å². The zero-order chi connectivity index (χ0) is 23.0. The van der Waals surface area contributed by atoms with E-state index >= 15 is 0 Å². The Kier molecular flexibility index (Phi) is 8.43. The van der Waals surface area contributed by atoms with Gasteiger partial charge in [0.05, 0.1) is 31.0 Å². The number of carbonyl (C=O) groups is 2. The predicted octanol–water partition coefficient (Wildman–Crippen LogP) is 3.56. The first-order chi connectivity index (χ1) is 14.7. The summed E-state index contributed by atoms with van der Waals surface area (Å²) in [6.07, 6.45) is -2.92. The molecule has 2 rings (SSSR count). The van der Waals surface area contributed by atoms with Crippen molar-refractivity contribution in [2.24, 2.45) is 0 Å². The quantitative estimate of drug-likeness (QED) is 0.515. The van der Waals surface area contributed by atoms with Crippen LogP contribution in [0.1, 0.15) is 48.2 Å². The van der Waals surface area contributed by atoms with Crippen LogP contribution in [0, 0.1) is 0 Å². The van der Waals surface area contributed by atoms with Gasteiger partial charge in [0.15, 0.2) is 0 Å². The number of rotatable bonds is 9. The van der Waals surface area contributed by atoms with Crippen molar-refractivity contribution in [2.75, 3.05) is 11.9 Å². The van der Waals surface area contributed by atoms with Crippen LogP contribution in [0.5, 0.6) is 0 Å². The molecule has 170 valence electrons. The molecule has 0 aliphatic carbocycles. The normalized spacial score (nSPS) is 12.3. The van der Waals surface area contributed by atoms with E-state index in [1.165, 1.54) is 29.1 Å². The highest BCUT2D eigenvalue weighted by Gasteiger charge is 2.33. The standard InChI is InChI=1S/C20H25F3N4O4/c1-3-7-14(28)12-27-17(15(11-25-27)18(29)31-4-2)26-19(30)24-10-13-8-5-6-9-16(13)20(21,22)23/h5-6,8-9,11,14,28H,3-4,7,10,12H2,1-2H3,(H2,24,26,30). The summed E-state index contributed by atoms with van der Waals surface area (Å²) in [5, 5.41) is 18.9. The van der Waals surface area contributed by atoms with Gasteiger partial charge < -0.3 is 15.2 Å². The lowest BCUT2D eigenvalue weighted by Crippen LogP contribution is -2.31. The fraction of sp³-hybridized carbons (Fsp3) is 0.450. The van der Waals surface area contributed by atoms with Crippen LogP contribution in [0.15, 0.2) is 30.5 Å². The summed E-state index contributed by atoms with van der Waals surface area (Å²) in [5.41, 5.74) is -0.991. The van der Waals surface area contributed by atoms with Gasteiger partial charge in [0, 0.05) is 6.54 Å². The molecule has 1 aromatic carbocycles. The average molecular weight is 442 g/mol. The molecule has 0 aliphatic rings. The van der Waals surface area contributed by atoms with Gasteiger partial charge in [0.2, 0.25) is 0 Å². The highest BCUT2D eigenvalue weighted by Crippen LogP contribution is 2.31. The van der Waals surface area contributed by atoms with Gasteiger partial charge in [-0.05, 0) is 25.0 Å². The Balaban J connectivity index is 2.17. The summed E-state index contributed by atoms with van der Waals surface area (Å²) in [7, 11) is 0. The molecule has 0 spiro atoms. The Morgan fingerprint density at radius 2 is 1.97 bits per heavy atom. The minimum Gasteiger partial charge on any atom is -0.462 e. The van der Waals surface area contributed by atoms with Gasteiger partial charge in [-0.3, -0.25) is 5.32 Å². The monoisotopic (exact) mass is 442 g/mol. The van der Waals surface area contributed by atoms with E-state index in [2.05, 4.69) is 15.7 Å². The number of aromatic nitrogens is 2. The van der Waals surface area contributed by atoms with Crippen LogP contribution in [-0.2, 0) is 24.0 Å². The molecule has 0 saturated heterocycles. The van der Waals surface area contributed by atoms with Gasteiger partial charge in [0.1, 0.15) is 11.4 Å². The number of benzene rings is 1. The van der Waals surface area contributed by atoms with Crippen molar-refractivity contribution >= 4 is 17.8 Å². The molecule has 11 heteroatoms. The number of alkyl halides is 3. The van der Waals surface area contributed by atoms with E-state index in [0.29, 0.717) is 6.42 Å². The topological polar surface area (TPSA) is 105 Å². The number of urea groups is 1. The molecule has 2 aromatic rings. The number of aliphatic hydroxyl groups is 1. The molecule has 0 saturated carbocycles. The Bertz CT molecular complexity index is 899. The fourth-order valence-electron chi connectivity index (χ4n) is 2.92. The lowest BCUT2D eigenvalue weighted by Gasteiger charge is -2.16. The lowest BCUT2D eigenvalue weighted by molar-refractivity contribution is -0.138. The van der Waals surface area contributed by atoms with Crippen LogP contribution in [0.4, 0.5) is 23.8 Å². The molecular formula is C20H25F3N4O4. The van der Waals surface area contributed by atoms with E-state index in [1.54, 1.807) is 6.92 Å². The summed E-state index contributed by atoms with van der Waals surface area (Å²) in [5.74, 6) is -0.744. The van der Waals surface area contributed by atoms with Crippen LogP contribution < -0.4 is 10.6 Å². The minimum atomic E-state index is -4.56. The van der Waals surface area contributed by atoms with Crippen LogP contribution >= 0.6 is 0 Å². The molecule has 0 fully saturated rings. The van der Waals surface area contributed by atoms with E-state index < -0.39 is 29.8 Å². The number of anilines is 1. The van der Waals surface area contributed by atoms with Crippen LogP contribution in [0.25, 0.3) is 0 Å². The number of hydrogen-bond acceptors (Lipinski definition) is 5. The second-order valence-electron chi connectivity index (χ2n) is 6.71. The largest absolute Gasteiger partial charge is 0.462 e. The number of esters is 1. The maximum absolute atomic E-state index is 13.1. The summed E-state index contributed by atoms with van der Waals surface area (Å²) in [6.45, 7) is 3.23. The number of halogens is 3. The average Bonchev–Trinajstić information content (AvgIpc) is 3.08. The summed E-state index contributed by atoms with van der Waals surface area (Å²) < 4.78 is 45.5. The zero-order valence-corrected chi connectivity index (χ0v) is 17.2. The maximum atomic E-state index is 13.1. The molecule has 1 heterocycles. The summed E-state index contributed by atoms with van der Waals surface area (Å²) >= 11 is 0. The second-order valence-corrected chi connectivity index (χ2v) is 6.71. The molecule has 8 nitrogen and oxygen atoms in total. The third kappa shape index (κ3) is 6.71. The van der Waals surface area contributed by atoms with Crippen molar-refractivity contribution in [3.05, 3.63) is 47.2 Å². The summed E-state index contributed by atoms with van der Waals surface area (Å²) in [6, 6.07) is 4.05. The fourth-order valence-corrected chi connectivity index (χ4v) is 2.92. The SMILES string of the molecule is CCCC(O)Cn1ncc(C(=O)OCC)c1NC(=O)NCc1ccccc1C(F)(F)F. The van der Waals surface area contributed by atoms with Gasteiger partial charge in [-0.15, -0.1) is 0 Å². The van der Waals surface area contributed by atoms with Crippen molar-refractivity contribution in [1.29, 1.82) is 0 Å². The zero-order valence-electron chi connectivity index (χ0n) is 17.2. The van der Waals surface area contributed by atoms with Crippen LogP contribution in [-0.4, -0.2) is 39.6 Å².